The SMILES string of the molecule is CCC(CC)C(C)n1c(CCCl)nc2cc(C)ccc21. The van der Waals surface area contributed by atoms with Crippen molar-refractivity contribution in [3.63, 3.8) is 0 Å². The maximum atomic E-state index is 5.97. The highest BCUT2D eigenvalue weighted by Gasteiger charge is 2.21. The summed E-state index contributed by atoms with van der Waals surface area (Å²) in [5, 5.41) is 0. The third-order valence-electron chi connectivity index (χ3n) is 4.37. The van der Waals surface area contributed by atoms with Crippen molar-refractivity contribution >= 4 is 22.6 Å². The van der Waals surface area contributed by atoms with Gasteiger partial charge >= 0.3 is 0 Å². The van der Waals surface area contributed by atoms with E-state index >= 15 is 0 Å². The van der Waals surface area contributed by atoms with Crippen LogP contribution in [-0.2, 0) is 6.42 Å². The van der Waals surface area contributed by atoms with E-state index in [0.29, 0.717) is 17.8 Å². The van der Waals surface area contributed by atoms with Gasteiger partial charge in [-0.25, -0.2) is 4.98 Å². The number of aryl methyl sites for hydroxylation is 2. The molecule has 3 heteroatoms. The van der Waals surface area contributed by atoms with Gasteiger partial charge in [0.15, 0.2) is 0 Å². The zero-order valence-corrected chi connectivity index (χ0v) is 13.7. The molecule has 0 radical (unpaired) electrons. The number of aromatic nitrogens is 2. The first kappa shape index (κ1) is 15.4. The number of imidazole rings is 1. The summed E-state index contributed by atoms with van der Waals surface area (Å²) in [5.74, 6) is 2.43. The largest absolute Gasteiger partial charge is 0.325 e. The van der Waals surface area contributed by atoms with Crippen molar-refractivity contribution in [2.24, 2.45) is 5.92 Å². The van der Waals surface area contributed by atoms with Gasteiger partial charge in [0.05, 0.1) is 11.0 Å². The first-order valence-electron chi connectivity index (χ1n) is 7.65. The Balaban J connectivity index is 2.55. The Kier molecular flexibility index (Phi) is 5.09. The number of hydrogen-bond donors (Lipinski definition) is 0. The number of nitrogens with zero attached hydrogens (tertiary/aromatic N) is 2. The van der Waals surface area contributed by atoms with E-state index in [-0.39, 0.29) is 0 Å². The number of benzene rings is 1. The number of halogens is 1. The van der Waals surface area contributed by atoms with E-state index in [0.717, 1.165) is 17.8 Å². The maximum Gasteiger partial charge on any atom is 0.111 e. The molecule has 1 aromatic carbocycles. The molecule has 0 spiro atoms. The molecule has 0 saturated heterocycles. The van der Waals surface area contributed by atoms with Crippen molar-refractivity contribution in [1.29, 1.82) is 0 Å². The average molecular weight is 293 g/mol. The van der Waals surface area contributed by atoms with Crippen LogP contribution in [0.2, 0.25) is 0 Å². The van der Waals surface area contributed by atoms with Gasteiger partial charge in [-0.05, 0) is 37.5 Å². The van der Waals surface area contributed by atoms with Crippen molar-refractivity contribution in [3.8, 4) is 0 Å². The molecule has 2 nitrogen and oxygen atoms in total. The lowest BCUT2D eigenvalue weighted by Gasteiger charge is -2.25. The smallest absolute Gasteiger partial charge is 0.111 e. The van der Waals surface area contributed by atoms with Crippen LogP contribution in [0.4, 0.5) is 0 Å². The Labute approximate surface area is 127 Å². The highest BCUT2D eigenvalue weighted by atomic mass is 35.5. The molecule has 0 aliphatic carbocycles. The molecule has 2 aromatic rings. The molecule has 110 valence electrons. The summed E-state index contributed by atoms with van der Waals surface area (Å²) in [7, 11) is 0. The first-order valence-corrected chi connectivity index (χ1v) is 8.19. The summed E-state index contributed by atoms with van der Waals surface area (Å²) in [5.41, 5.74) is 3.60. The second kappa shape index (κ2) is 6.62. The van der Waals surface area contributed by atoms with Gasteiger partial charge in [0.1, 0.15) is 5.82 Å². The Bertz CT molecular complexity index is 570. The average Bonchev–Trinajstić information content (AvgIpc) is 2.77. The van der Waals surface area contributed by atoms with E-state index in [1.54, 1.807) is 0 Å². The number of alkyl halides is 1. The van der Waals surface area contributed by atoms with E-state index < -0.39 is 0 Å². The number of hydrogen-bond acceptors (Lipinski definition) is 1. The molecule has 0 saturated carbocycles. The topological polar surface area (TPSA) is 17.8 Å². The van der Waals surface area contributed by atoms with Crippen molar-refractivity contribution < 1.29 is 0 Å². The third-order valence-corrected chi connectivity index (χ3v) is 4.56. The molecular formula is C17H25ClN2. The van der Waals surface area contributed by atoms with Crippen molar-refractivity contribution in [2.45, 2.75) is 53.0 Å². The summed E-state index contributed by atoms with van der Waals surface area (Å²) in [6.45, 7) is 8.98. The molecule has 0 aliphatic heterocycles. The lowest BCUT2D eigenvalue weighted by molar-refractivity contribution is 0.333. The molecule has 2 rings (SSSR count). The van der Waals surface area contributed by atoms with E-state index in [1.165, 1.54) is 23.9 Å². The van der Waals surface area contributed by atoms with Gasteiger partial charge in [-0.15, -0.1) is 11.6 Å². The monoisotopic (exact) mass is 292 g/mol. The van der Waals surface area contributed by atoms with Crippen LogP contribution in [-0.4, -0.2) is 15.4 Å². The zero-order chi connectivity index (χ0) is 14.7. The van der Waals surface area contributed by atoms with Gasteiger partial charge in [0, 0.05) is 18.3 Å². The molecule has 1 atom stereocenters. The summed E-state index contributed by atoms with van der Waals surface area (Å²) >= 11 is 5.97. The predicted molar refractivity (Wildman–Crippen MR) is 87.7 cm³/mol. The van der Waals surface area contributed by atoms with E-state index in [4.69, 9.17) is 16.6 Å². The van der Waals surface area contributed by atoms with E-state index in [9.17, 15) is 0 Å². The Morgan fingerprint density at radius 3 is 2.55 bits per heavy atom. The number of rotatable bonds is 6. The molecular weight excluding hydrogens is 268 g/mol. The molecule has 0 N–H and O–H groups in total. The fraction of sp³-hybridized carbons (Fsp3) is 0.588. The minimum atomic E-state index is 0.468. The van der Waals surface area contributed by atoms with Crippen LogP contribution in [0.1, 0.15) is 51.0 Å². The van der Waals surface area contributed by atoms with Gasteiger partial charge in [0.25, 0.3) is 0 Å². The van der Waals surface area contributed by atoms with Crippen molar-refractivity contribution in [2.75, 3.05) is 5.88 Å². The second-order valence-corrected chi connectivity index (χ2v) is 6.02. The van der Waals surface area contributed by atoms with Crippen LogP contribution in [0.3, 0.4) is 0 Å². The quantitative estimate of drug-likeness (QED) is 0.675. The molecule has 0 amide bonds. The highest BCUT2D eigenvalue weighted by Crippen LogP contribution is 2.30. The molecule has 20 heavy (non-hydrogen) atoms. The van der Waals surface area contributed by atoms with Crippen LogP contribution >= 0.6 is 11.6 Å². The molecule has 0 aliphatic rings. The predicted octanol–water partition coefficient (Wildman–Crippen LogP) is 5.12. The van der Waals surface area contributed by atoms with Crippen LogP contribution in [0.15, 0.2) is 18.2 Å². The van der Waals surface area contributed by atoms with Gasteiger partial charge in [-0.2, -0.15) is 0 Å². The third kappa shape index (κ3) is 2.85. The standard InChI is InChI=1S/C17H25ClN2/c1-5-14(6-2)13(4)20-16-8-7-12(3)11-15(16)19-17(20)9-10-18/h7-8,11,13-14H,5-6,9-10H2,1-4H3. The van der Waals surface area contributed by atoms with Crippen LogP contribution in [0, 0.1) is 12.8 Å². The van der Waals surface area contributed by atoms with Crippen LogP contribution in [0.5, 0.6) is 0 Å². The van der Waals surface area contributed by atoms with Crippen molar-refractivity contribution in [3.05, 3.63) is 29.6 Å². The minimum Gasteiger partial charge on any atom is -0.325 e. The van der Waals surface area contributed by atoms with Gasteiger partial charge in [-0.1, -0.05) is 32.8 Å². The van der Waals surface area contributed by atoms with E-state index in [2.05, 4.69) is 50.5 Å². The van der Waals surface area contributed by atoms with E-state index in [1.807, 2.05) is 0 Å². The second-order valence-electron chi connectivity index (χ2n) is 5.65. The number of fused-ring (bicyclic) bond motifs is 1. The van der Waals surface area contributed by atoms with Crippen LogP contribution < -0.4 is 0 Å². The fourth-order valence-electron chi connectivity index (χ4n) is 3.16. The lowest BCUT2D eigenvalue weighted by atomic mass is 9.95. The summed E-state index contributed by atoms with van der Waals surface area (Å²) < 4.78 is 2.41. The minimum absolute atomic E-state index is 0.468. The van der Waals surface area contributed by atoms with Gasteiger partial charge < -0.3 is 4.57 Å². The fourth-order valence-corrected chi connectivity index (χ4v) is 3.32. The van der Waals surface area contributed by atoms with Gasteiger partial charge in [-0.3, -0.25) is 0 Å². The summed E-state index contributed by atoms with van der Waals surface area (Å²) in [6, 6.07) is 7.01. The molecule has 1 heterocycles. The van der Waals surface area contributed by atoms with Crippen LogP contribution in [0.25, 0.3) is 11.0 Å². The Hall–Kier alpha value is -1.02. The normalized spacial score (nSPS) is 13.3. The molecule has 1 unspecified atom stereocenters. The zero-order valence-electron chi connectivity index (χ0n) is 13.0. The highest BCUT2D eigenvalue weighted by molar-refractivity contribution is 6.17. The lowest BCUT2D eigenvalue weighted by Crippen LogP contribution is -2.18. The molecule has 1 aromatic heterocycles. The van der Waals surface area contributed by atoms with Gasteiger partial charge in [0.2, 0.25) is 0 Å². The summed E-state index contributed by atoms with van der Waals surface area (Å²) in [4.78, 5) is 4.81. The molecule has 0 fully saturated rings. The summed E-state index contributed by atoms with van der Waals surface area (Å²) in [6.07, 6.45) is 3.23. The maximum absolute atomic E-state index is 5.97. The Morgan fingerprint density at radius 2 is 1.95 bits per heavy atom. The Morgan fingerprint density at radius 1 is 1.25 bits per heavy atom. The van der Waals surface area contributed by atoms with Crippen molar-refractivity contribution in [1.82, 2.24) is 9.55 Å². The molecule has 0 bridgehead atoms. The first-order chi connectivity index (χ1) is 9.62.